The van der Waals surface area contributed by atoms with Crippen molar-refractivity contribution < 1.29 is 0 Å². The summed E-state index contributed by atoms with van der Waals surface area (Å²) in [5.41, 5.74) is 1.45. The van der Waals surface area contributed by atoms with E-state index in [1.165, 1.54) is 6.20 Å². The average molecular weight is 311 g/mol. The normalized spacial score (nSPS) is 11.1. The van der Waals surface area contributed by atoms with E-state index < -0.39 is 0 Å². The third-order valence-electron chi connectivity index (χ3n) is 2.59. The predicted molar refractivity (Wildman–Crippen MR) is 81.8 cm³/mol. The zero-order valence-electron chi connectivity index (χ0n) is 11.4. The SMILES string of the molecule is CC(C)CNCc1ccnc(-c2ncc(Cl)cc2Cl)n1. The molecule has 2 rings (SSSR count). The third kappa shape index (κ3) is 4.13. The molecular formula is C14H16Cl2N4. The lowest BCUT2D eigenvalue weighted by atomic mass is 10.2. The van der Waals surface area contributed by atoms with Gasteiger partial charge in [-0.15, -0.1) is 0 Å². The molecule has 0 aliphatic heterocycles. The number of hydrogen-bond acceptors (Lipinski definition) is 4. The monoisotopic (exact) mass is 310 g/mol. The molecule has 0 spiro atoms. The summed E-state index contributed by atoms with van der Waals surface area (Å²) in [7, 11) is 0. The first kappa shape index (κ1) is 15.2. The fourth-order valence-corrected chi connectivity index (χ4v) is 2.14. The van der Waals surface area contributed by atoms with Gasteiger partial charge in [-0.3, -0.25) is 0 Å². The van der Waals surface area contributed by atoms with Crippen molar-refractivity contribution in [1.82, 2.24) is 20.3 Å². The molecule has 106 valence electrons. The largest absolute Gasteiger partial charge is 0.311 e. The zero-order valence-corrected chi connectivity index (χ0v) is 12.9. The number of pyridine rings is 1. The van der Waals surface area contributed by atoms with Crippen molar-refractivity contribution in [1.29, 1.82) is 0 Å². The molecule has 20 heavy (non-hydrogen) atoms. The van der Waals surface area contributed by atoms with E-state index in [9.17, 15) is 0 Å². The minimum atomic E-state index is 0.449. The molecule has 6 heteroatoms. The lowest BCUT2D eigenvalue weighted by molar-refractivity contribution is 0.548. The molecule has 0 aliphatic carbocycles. The van der Waals surface area contributed by atoms with Crippen LogP contribution in [0.4, 0.5) is 0 Å². The Kier molecular flexibility index (Phi) is 5.29. The van der Waals surface area contributed by atoms with Crippen LogP contribution >= 0.6 is 23.2 Å². The molecule has 2 aromatic heterocycles. The minimum absolute atomic E-state index is 0.449. The van der Waals surface area contributed by atoms with Gasteiger partial charge in [-0.1, -0.05) is 37.0 Å². The smallest absolute Gasteiger partial charge is 0.179 e. The average Bonchev–Trinajstić information content (AvgIpc) is 2.38. The van der Waals surface area contributed by atoms with Gasteiger partial charge in [-0.05, 0) is 24.6 Å². The summed E-state index contributed by atoms with van der Waals surface area (Å²) in [5.74, 6) is 1.11. The summed E-state index contributed by atoms with van der Waals surface area (Å²) in [5, 5.41) is 4.28. The Labute approximate surface area is 128 Å². The molecule has 0 atom stereocenters. The van der Waals surface area contributed by atoms with Crippen LogP contribution in [0.15, 0.2) is 24.5 Å². The molecule has 0 saturated carbocycles. The van der Waals surface area contributed by atoms with Gasteiger partial charge in [0.2, 0.25) is 0 Å². The predicted octanol–water partition coefficient (Wildman–Crippen LogP) is 3.59. The number of nitrogens with one attached hydrogen (secondary N) is 1. The molecule has 0 radical (unpaired) electrons. The fourth-order valence-electron chi connectivity index (χ4n) is 1.68. The number of hydrogen-bond donors (Lipinski definition) is 1. The molecule has 4 nitrogen and oxygen atoms in total. The van der Waals surface area contributed by atoms with Gasteiger partial charge in [0.1, 0.15) is 5.69 Å². The molecular weight excluding hydrogens is 295 g/mol. The third-order valence-corrected chi connectivity index (χ3v) is 3.09. The quantitative estimate of drug-likeness (QED) is 0.917. The van der Waals surface area contributed by atoms with Gasteiger partial charge in [0, 0.05) is 18.9 Å². The number of halogens is 2. The zero-order chi connectivity index (χ0) is 14.5. The maximum atomic E-state index is 6.12. The summed E-state index contributed by atoms with van der Waals surface area (Å²) in [6.07, 6.45) is 3.25. The highest BCUT2D eigenvalue weighted by atomic mass is 35.5. The van der Waals surface area contributed by atoms with E-state index in [0.29, 0.717) is 34.0 Å². The Bertz CT molecular complexity index is 587. The molecule has 0 amide bonds. The highest BCUT2D eigenvalue weighted by Gasteiger charge is 2.09. The van der Waals surface area contributed by atoms with Crippen LogP contribution in [-0.4, -0.2) is 21.5 Å². The van der Waals surface area contributed by atoms with Crippen molar-refractivity contribution in [2.24, 2.45) is 5.92 Å². The topological polar surface area (TPSA) is 50.7 Å². The second-order valence-corrected chi connectivity index (χ2v) is 5.72. The van der Waals surface area contributed by atoms with Crippen LogP contribution in [0, 0.1) is 5.92 Å². The van der Waals surface area contributed by atoms with Crippen LogP contribution in [0.25, 0.3) is 11.5 Å². The Morgan fingerprint density at radius 2 is 2.05 bits per heavy atom. The molecule has 0 aromatic carbocycles. The highest BCUT2D eigenvalue weighted by Crippen LogP contribution is 2.25. The Morgan fingerprint density at radius 1 is 1.25 bits per heavy atom. The van der Waals surface area contributed by atoms with E-state index in [-0.39, 0.29) is 0 Å². The van der Waals surface area contributed by atoms with Crippen molar-refractivity contribution in [3.63, 3.8) is 0 Å². The molecule has 0 bridgehead atoms. The van der Waals surface area contributed by atoms with Crippen molar-refractivity contribution in [3.05, 3.63) is 40.3 Å². The number of nitrogens with zero attached hydrogens (tertiary/aromatic N) is 3. The second kappa shape index (κ2) is 6.97. The van der Waals surface area contributed by atoms with Crippen LogP contribution in [0.1, 0.15) is 19.5 Å². The summed E-state index contributed by atoms with van der Waals surface area (Å²) in [4.78, 5) is 12.9. The second-order valence-electron chi connectivity index (χ2n) is 4.88. The van der Waals surface area contributed by atoms with Gasteiger partial charge < -0.3 is 5.32 Å². The van der Waals surface area contributed by atoms with E-state index in [4.69, 9.17) is 23.2 Å². The maximum absolute atomic E-state index is 6.12. The molecule has 0 unspecified atom stereocenters. The molecule has 0 saturated heterocycles. The Balaban J connectivity index is 2.16. The maximum Gasteiger partial charge on any atom is 0.179 e. The van der Waals surface area contributed by atoms with Crippen LogP contribution in [0.5, 0.6) is 0 Å². The highest BCUT2D eigenvalue weighted by molar-refractivity contribution is 6.35. The first-order valence-corrected chi connectivity index (χ1v) is 7.16. The Hall–Kier alpha value is -1.23. The summed E-state index contributed by atoms with van der Waals surface area (Å²) < 4.78 is 0. The van der Waals surface area contributed by atoms with E-state index in [1.54, 1.807) is 12.3 Å². The van der Waals surface area contributed by atoms with Crippen LogP contribution in [0.3, 0.4) is 0 Å². The number of aromatic nitrogens is 3. The molecule has 0 fully saturated rings. The molecule has 0 aliphatic rings. The van der Waals surface area contributed by atoms with E-state index >= 15 is 0 Å². The standard InChI is InChI=1S/C14H16Cl2N4/c1-9(2)6-17-8-11-3-4-18-14(20-11)13-12(16)5-10(15)7-19-13/h3-5,7,9,17H,6,8H2,1-2H3. The van der Waals surface area contributed by atoms with Gasteiger partial charge in [-0.2, -0.15) is 0 Å². The first-order valence-electron chi connectivity index (χ1n) is 6.40. The summed E-state index contributed by atoms with van der Waals surface area (Å²) in [6.45, 7) is 5.96. The number of rotatable bonds is 5. The van der Waals surface area contributed by atoms with Crippen LogP contribution in [0.2, 0.25) is 10.0 Å². The van der Waals surface area contributed by atoms with Crippen molar-refractivity contribution in [2.45, 2.75) is 20.4 Å². The van der Waals surface area contributed by atoms with Crippen molar-refractivity contribution in [3.8, 4) is 11.5 Å². The minimum Gasteiger partial charge on any atom is -0.311 e. The van der Waals surface area contributed by atoms with E-state index in [1.807, 2.05) is 6.07 Å². The molecule has 2 heterocycles. The fraction of sp³-hybridized carbons (Fsp3) is 0.357. The van der Waals surface area contributed by atoms with Gasteiger partial charge in [0.15, 0.2) is 5.82 Å². The molecule has 1 N–H and O–H groups in total. The van der Waals surface area contributed by atoms with Crippen molar-refractivity contribution >= 4 is 23.2 Å². The van der Waals surface area contributed by atoms with Gasteiger partial charge in [-0.25, -0.2) is 15.0 Å². The Morgan fingerprint density at radius 3 is 2.75 bits per heavy atom. The van der Waals surface area contributed by atoms with Gasteiger partial charge >= 0.3 is 0 Å². The summed E-state index contributed by atoms with van der Waals surface area (Å²) in [6, 6.07) is 3.51. The first-order chi connectivity index (χ1) is 9.56. The molecule has 2 aromatic rings. The van der Waals surface area contributed by atoms with Crippen molar-refractivity contribution in [2.75, 3.05) is 6.54 Å². The van der Waals surface area contributed by atoms with Crippen LogP contribution in [-0.2, 0) is 6.54 Å². The van der Waals surface area contributed by atoms with Crippen LogP contribution < -0.4 is 5.32 Å². The van der Waals surface area contributed by atoms with E-state index in [0.717, 1.165) is 12.2 Å². The summed E-state index contributed by atoms with van der Waals surface area (Å²) >= 11 is 12.0. The van der Waals surface area contributed by atoms with Gasteiger partial charge in [0.25, 0.3) is 0 Å². The lowest BCUT2D eigenvalue weighted by Gasteiger charge is -2.08. The van der Waals surface area contributed by atoms with Gasteiger partial charge in [0.05, 0.1) is 15.7 Å². The lowest BCUT2D eigenvalue weighted by Crippen LogP contribution is -2.19. The van der Waals surface area contributed by atoms with E-state index in [2.05, 4.69) is 34.1 Å².